The van der Waals surface area contributed by atoms with Crippen LogP contribution in [0, 0.1) is 13.3 Å². The Morgan fingerprint density at radius 3 is 2.16 bits per heavy atom. The molecular formula is C29H46N3O5V-. The Balaban J connectivity index is 0.00000445. The maximum atomic E-state index is 11.3. The van der Waals surface area contributed by atoms with E-state index < -0.39 is 12.2 Å². The van der Waals surface area contributed by atoms with Gasteiger partial charge in [0, 0.05) is 0 Å². The van der Waals surface area contributed by atoms with Gasteiger partial charge in [0.2, 0.25) is 0 Å². The van der Waals surface area contributed by atoms with Crippen LogP contribution < -0.4 is 20.6 Å². The van der Waals surface area contributed by atoms with Gasteiger partial charge in [-0.15, -0.1) is 0 Å². The van der Waals surface area contributed by atoms with Crippen LogP contribution in [0.4, 0.5) is 0 Å². The molecule has 0 aliphatic rings. The predicted molar refractivity (Wildman–Crippen MR) is 150 cm³/mol. The van der Waals surface area contributed by atoms with Gasteiger partial charge < -0.3 is 13.2 Å². The Hall–Kier alpha value is -2.04. The van der Waals surface area contributed by atoms with Crippen LogP contribution in [-0.2, 0) is 32.9 Å². The monoisotopic (exact) mass is 567 g/mol. The number of rotatable bonds is 17. The van der Waals surface area contributed by atoms with E-state index in [4.69, 9.17) is 14.3 Å². The standard InChI is InChI=1S/C27H38N2O5.CH5N.CH3.V/c1-5-22(6-2)17-29(34-25-14-12-24(32-4)13-15-25)18-27(31)26(28-20-33-21(3)19-30)16-23-10-8-7-9-11-23;1-2;;/h7-15,19,21-22,26-28,31H,5-6,16-18H2,1-4H3;2H2,1H3;1H3;/q;;-1;. The molecule has 0 spiro atoms. The summed E-state index contributed by atoms with van der Waals surface area (Å²) in [5, 5.41) is 16.4. The Labute approximate surface area is 238 Å². The van der Waals surface area contributed by atoms with E-state index in [9.17, 15) is 9.90 Å². The molecule has 213 valence electrons. The van der Waals surface area contributed by atoms with Crippen molar-refractivity contribution in [1.29, 1.82) is 0 Å². The van der Waals surface area contributed by atoms with Crippen molar-refractivity contribution in [2.75, 3.05) is 27.2 Å². The Morgan fingerprint density at radius 1 is 1.05 bits per heavy atom. The van der Waals surface area contributed by atoms with Gasteiger partial charge in [-0.3, -0.25) is 0 Å². The Bertz CT molecular complexity index is 882. The predicted octanol–water partition coefficient (Wildman–Crippen LogP) is 3.55. The van der Waals surface area contributed by atoms with Gasteiger partial charge in [-0.25, -0.2) is 0 Å². The summed E-state index contributed by atoms with van der Waals surface area (Å²) in [5.41, 5.74) is 5.58. The van der Waals surface area contributed by atoms with Gasteiger partial charge in [0.15, 0.2) is 0 Å². The zero-order valence-electron chi connectivity index (χ0n) is 23.7. The summed E-state index contributed by atoms with van der Waals surface area (Å²) < 4.78 is 11.3. The summed E-state index contributed by atoms with van der Waals surface area (Å²) >= 11 is 2.29. The van der Waals surface area contributed by atoms with Gasteiger partial charge in [-0.2, -0.15) is 0 Å². The van der Waals surface area contributed by atoms with Crippen molar-refractivity contribution < 1.29 is 41.2 Å². The number of ether oxygens (including phenoxy) is 2. The normalized spacial score (nSPS) is 12.9. The molecule has 9 heteroatoms. The number of benzene rings is 2. The molecule has 0 heterocycles. The van der Waals surface area contributed by atoms with Crippen molar-refractivity contribution in [2.45, 2.75) is 58.3 Å². The van der Waals surface area contributed by atoms with Crippen LogP contribution in [0.25, 0.3) is 0 Å². The maximum absolute atomic E-state index is 11.3. The van der Waals surface area contributed by atoms with Crippen LogP contribution >= 0.6 is 0 Å². The van der Waals surface area contributed by atoms with Crippen LogP contribution in [0.2, 0.25) is 0 Å². The molecule has 2 aromatic carbocycles. The van der Waals surface area contributed by atoms with Gasteiger partial charge in [-0.1, -0.05) is 0 Å². The number of hydrogen-bond donors (Lipinski definition) is 3. The smallest absolute Gasteiger partial charge is 0.0195 e. The molecule has 0 aliphatic carbocycles. The molecule has 0 aliphatic heterocycles. The molecule has 0 radical (unpaired) electrons. The van der Waals surface area contributed by atoms with Crippen molar-refractivity contribution in [2.24, 2.45) is 11.7 Å². The first-order chi connectivity index (χ1) is 17.9. The largest absolute Gasteiger partial charge is 0.358 e. The number of nitrogens with zero attached hydrogens (tertiary/aromatic N) is 1. The number of nitrogens with one attached hydrogen (secondary N) is 1. The number of hydrogen-bond acceptors (Lipinski definition) is 8. The van der Waals surface area contributed by atoms with Crippen LogP contribution in [0.15, 0.2) is 54.6 Å². The van der Waals surface area contributed by atoms with Crippen molar-refractivity contribution in [3.05, 3.63) is 67.6 Å². The van der Waals surface area contributed by atoms with Gasteiger partial charge in [0.25, 0.3) is 0 Å². The molecule has 0 saturated carbocycles. The average molecular weight is 568 g/mol. The average Bonchev–Trinajstić information content (AvgIpc) is 2.93. The number of aliphatic hydroxyl groups excluding tert-OH is 1. The molecule has 4 N–H and O–H groups in total. The first kappa shape index (κ1) is 36.0. The minimum absolute atomic E-state index is 0. The third-order valence-electron chi connectivity index (χ3n) is 5.86. The number of aldehydes is 1. The van der Waals surface area contributed by atoms with Crippen LogP contribution in [0.3, 0.4) is 0 Å². The summed E-state index contributed by atoms with van der Waals surface area (Å²) in [4.78, 5) is 17.2. The second kappa shape index (κ2) is 20.9. The second-order valence-electron chi connectivity index (χ2n) is 8.57. The number of carbonyl (C=O) groups is 1. The molecule has 38 heavy (non-hydrogen) atoms. The van der Waals surface area contributed by atoms with E-state index in [1.54, 1.807) is 14.0 Å². The molecule has 3 atom stereocenters. The third kappa shape index (κ3) is 13.7. The van der Waals surface area contributed by atoms with Crippen LogP contribution in [0.1, 0.15) is 39.2 Å². The van der Waals surface area contributed by atoms with E-state index >= 15 is 0 Å². The third-order valence-corrected chi connectivity index (χ3v) is 6.23. The van der Waals surface area contributed by atoms with Gasteiger partial charge in [-0.05, 0) is 7.05 Å². The molecule has 2 rings (SSSR count). The van der Waals surface area contributed by atoms with Crippen molar-refractivity contribution in [1.82, 2.24) is 10.4 Å². The van der Waals surface area contributed by atoms with E-state index in [2.05, 4.69) is 41.9 Å². The second-order valence-corrected chi connectivity index (χ2v) is 9.20. The SMILES string of the molecule is CCC(CC)CN(CC(O)C(Cc1ccccc1)N[C](=[V])OC(C)C=O)Oc1ccc(OC)cc1.CN.[CH3-]. The minimum Gasteiger partial charge on any atom is -0.358 e. The Morgan fingerprint density at radius 2 is 1.63 bits per heavy atom. The maximum Gasteiger partial charge on any atom is -0.0195 e. The topological polar surface area (TPSA) is 106 Å². The summed E-state index contributed by atoms with van der Waals surface area (Å²) in [7, 11) is 3.13. The first-order valence-corrected chi connectivity index (χ1v) is 13.4. The van der Waals surface area contributed by atoms with E-state index in [-0.39, 0.29) is 20.0 Å². The number of carbonyl (C=O) groups excluding carboxylic acids is 1. The minimum atomic E-state index is -0.780. The first-order valence-electron chi connectivity index (χ1n) is 12.7. The fourth-order valence-corrected chi connectivity index (χ4v) is 4.17. The summed E-state index contributed by atoms with van der Waals surface area (Å²) in [6.07, 6.45) is 1.98. The molecule has 0 saturated heterocycles. The molecular weight excluding hydrogens is 521 g/mol. The number of methoxy groups -OCH3 is 1. The molecule has 0 bridgehead atoms. The molecule has 3 unspecified atom stereocenters. The molecule has 8 nitrogen and oxygen atoms in total. The number of hydroxylamine groups is 2. The summed E-state index contributed by atoms with van der Waals surface area (Å²) in [6, 6.07) is 17.0. The quantitative estimate of drug-likeness (QED) is 0.151. The van der Waals surface area contributed by atoms with Gasteiger partial charge >= 0.3 is 211 Å². The van der Waals surface area contributed by atoms with E-state index in [0.29, 0.717) is 29.2 Å². The number of aliphatic hydroxyl groups is 1. The molecule has 0 amide bonds. The van der Waals surface area contributed by atoms with Crippen molar-refractivity contribution in [3.63, 3.8) is 0 Å². The zero-order valence-corrected chi connectivity index (χ0v) is 25.1. The van der Waals surface area contributed by atoms with Gasteiger partial charge in [0.05, 0.1) is 7.11 Å². The molecule has 0 aromatic heterocycles. The van der Waals surface area contributed by atoms with Crippen LogP contribution in [0.5, 0.6) is 11.5 Å². The molecule has 0 fully saturated rings. The number of nitrogens with two attached hydrogens (primary N) is 1. The van der Waals surface area contributed by atoms with Gasteiger partial charge in [0.1, 0.15) is 0 Å². The fraction of sp³-hybridized carbons (Fsp3) is 0.483. The molecule has 2 aromatic rings. The van der Waals surface area contributed by atoms with Crippen molar-refractivity contribution >= 4 is 10.8 Å². The fourth-order valence-electron chi connectivity index (χ4n) is 3.65. The van der Waals surface area contributed by atoms with Crippen molar-refractivity contribution in [3.8, 4) is 11.5 Å². The van der Waals surface area contributed by atoms with E-state index in [1.165, 1.54) is 7.05 Å². The van der Waals surface area contributed by atoms with Crippen LogP contribution in [-0.4, -0.2) is 66.5 Å². The summed E-state index contributed by atoms with van der Waals surface area (Å²) in [6.45, 7) is 6.97. The Kier molecular flexibility index (Phi) is 19.7. The zero-order chi connectivity index (χ0) is 27.6. The van der Waals surface area contributed by atoms with E-state index in [0.717, 1.165) is 30.4 Å². The van der Waals surface area contributed by atoms with E-state index in [1.807, 2.05) is 59.7 Å². The summed E-state index contributed by atoms with van der Waals surface area (Å²) in [5.74, 6) is 1.87.